The molecule has 1 unspecified atom stereocenters. The summed E-state index contributed by atoms with van der Waals surface area (Å²) >= 11 is 6.26. The van der Waals surface area contributed by atoms with Crippen molar-refractivity contribution in [3.63, 3.8) is 0 Å². The molecule has 7 heteroatoms. The molecule has 1 aliphatic rings. The molecule has 3 rings (SSSR count). The van der Waals surface area contributed by atoms with Crippen molar-refractivity contribution in [3.8, 4) is 0 Å². The molecule has 1 fully saturated rings. The topological polar surface area (TPSA) is 62.3 Å². The van der Waals surface area contributed by atoms with E-state index in [4.69, 9.17) is 11.6 Å². The minimum atomic E-state index is -3.68. The summed E-state index contributed by atoms with van der Waals surface area (Å²) < 4.78 is 27.8. The molecule has 0 saturated carbocycles. The van der Waals surface area contributed by atoms with E-state index < -0.39 is 10.0 Å². The summed E-state index contributed by atoms with van der Waals surface area (Å²) in [5.41, 5.74) is 1.62. The normalized spacial score (nSPS) is 19.7. The van der Waals surface area contributed by atoms with Crippen molar-refractivity contribution >= 4 is 21.6 Å². The Morgan fingerprint density at radius 1 is 1.30 bits per heavy atom. The molecule has 2 heterocycles. The quantitative estimate of drug-likeness (QED) is 0.922. The molecule has 0 spiro atoms. The molecule has 5 nitrogen and oxygen atoms in total. The first kappa shape index (κ1) is 16.4. The van der Waals surface area contributed by atoms with Crippen molar-refractivity contribution in [2.45, 2.75) is 17.9 Å². The summed E-state index contributed by atoms with van der Waals surface area (Å²) in [6.45, 7) is 3.36. The lowest BCUT2D eigenvalue weighted by molar-refractivity contribution is 0.271. The summed E-state index contributed by atoms with van der Waals surface area (Å²) in [6.07, 6.45) is 3.38. The van der Waals surface area contributed by atoms with Gasteiger partial charge in [0.25, 0.3) is 0 Å². The van der Waals surface area contributed by atoms with Gasteiger partial charge in [0.2, 0.25) is 10.0 Å². The standard InChI is InChI=1S/C16H18ClN3O2S/c1-12-4-2-6-15(16(12)17)23(21,22)20-9-8-19-11-14(20)13-5-3-7-18-10-13/h2-7,10,14,19H,8-9,11H2,1H3. The molecular formula is C16H18ClN3O2S. The zero-order valence-corrected chi connectivity index (χ0v) is 14.3. The number of benzene rings is 1. The molecule has 0 aliphatic carbocycles. The van der Waals surface area contributed by atoms with Crippen LogP contribution in [0.25, 0.3) is 0 Å². The average molecular weight is 352 g/mol. The van der Waals surface area contributed by atoms with E-state index in [1.807, 2.05) is 12.1 Å². The number of piperazine rings is 1. The molecule has 0 bridgehead atoms. The highest BCUT2D eigenvalue weighted by Gasteiger charge is 2.35. The van der Waals surface area contributed by atoms with Crippen molar-refractivity contribution in [2.24, 2.45) is 0 Å². The molecule has 2 aromatic rings. The highest BCUT2D eigenvalue weighted by molar-refractivity contribution is 7.89. The van der Waals surface area contributed by atoms with Gasteiger partial charge in [0.1, 0.15) is 4.90 Å². The van der Waals surface area contributed by atoms with E-state index >= 15 is 0 Å². The monoisotopic (exact) mass is 351 g/mol. The zero-order chi connectivity index (χ0) is 16.4. The van der Waals surface area contributed by atoms with Gasteiger partial charge in [-0.1, -0.05) is 29.8 Å². The number of hydrogen-bond donors (Lipinski definition) is 1. The van der Waals surface area contributed by atoms with Gasteiger partial charge in [0.05, 0.1) is 11.1 Å². The van der Waals surface area contributed by atoms with Crippen LogP contribution in [0.3, 0.4) is 0 Å². The Balaban J connectivity index is 2.05. The lowest BCUT2D eigenvalue weighted by atomic mass is 10.1. The molecule has 1 N–H and O–H groups in total. The number of nitrogens with one attached hydrogen (secondary N) is 1. The first-order chi connectivity index (χ1) is 11.0. The Labute approximate surface area is 141 Å². The third-order valence-corrected chi connectivity index (χ3v) is 6.57. The predicted octanol–water partition coefficient (Wildman–Crippen LogP) is 2.38. The van der Waals surface area contributed by atoms with E-state index in [0.717, 1.165) is 11.1 Å². The van der Waals surface area contributed by atoms with Gasteiger partial charge in [0.15, 0.2) is 0 Å². The Morgan fingerprint density at radius 3 is 2.87 bits per heavy atom. The molecule has 0 radical (unpaired) electrons. The molecule has 1 aliphatic heterocycles. The second-order valence-corrected chi connectivity index (χ2v) is 7.75. The van der Waals surface area contributed by atoms with Gasteiger partial charge >= 0.3 is 0 Å². The molecule has 1 aromatic heterocycles. The van der Waals surface area contributed by atoms with Crippen LogP contribution in [-0.2, 0) is 10.0 Å². The number of nitrogens with zero attached hydrogens (tertiary/aromatic N) is 2. The number of hydrogen-bond acceptors (Lipinski definition) is 4. The second-order valence-electron chi connectivity index (χ2n) is 5.51. The minimum Gasteiger partial charge on any atom is -0.313 e. The zero-order valence-electron chi connectivity index (χ0n) is 12.7. The largest absolute Gasteiger partial charge is 0.313 e. The van der Waals surface area contributed by atoms with Crippen molar-refractivity contribution in [2.75, 3.05) is 19.6 Å². The Bertz CT molecular complexity index is 796. The fourth-order valence-corrected chi connectivity index (χ4v) is 4.95. The fraction of sp³-hybridized carbons (Fsp3) is 0.312. The van der Waals surface area contributed by atoms with Gasteiger partial charge in [-0.25, -0.2) is 8.42 Å². The third-order valence-electron chi connectivity index (χ3n) is 4.01. The smallest absolute Gasteiger partial charge is 0.245 e. The van der Waals surface area contributed by atoms with E-state index in [-0.39, 0.29) is 16.0 Å². The van der Waals surface area contributed by atoms with Crippen LogP contribution in [-0.4, -0.2) is 37.3 Å². The number of rotatable bonds is 3. The summed E-state index contributed by atoms with van der Waals surface area (Å²) in [7, 11) is -3.68. The molecular weight excluding hydrogens is 334 g/mol. The van der Waals surface area contributed by atoms with E-state index in [2.05, 4.69) is 10.3 Å². The van der Waals surface area contributed by atoms with Gasteiger partial charge in [-0.15, -0.1) is 0 Å². The van der Waals surface area contributed by atoms with Crippen molar-refractivity contribution in [3.05, 3.63) is 58.9 Å². The van der Waals surface area contributed by atoms with Gasteiger partial charge in [-0.3, -0.25) is 4.98 Å². The third kappa shape index (κ3) is 3.12. The maximum atomic E-state index is 13.1. The van der Waals surface area contributed by atoms with Crippen LogP contribution in [0, 0.1) is 6.92 Å². The van der Waals surface area contributed by atoms with E-state index in [1.54, 1.807) is 37.5 Å². The fourth-order valence-electron chi connectivity index (χ4n) is 2.78. The minimum absolute atomic E-state index is 0.162. The number of sulfonamides is 1. The number of halogens is 1. The summed E-state index contributed by atoms with van der Waals surface area (Å²) in [5, 5.41) is 3.53. The van der Waals surface area contributed by atoms with E-state index in [0.29, 0.717) is 19.6 Å². The molecule has 122 valence electrons. The molecule has 1 aromatic carbocycles. The predicted molar refractivity (Wildman–Crippen MR) is 89.9 cm³/mol. The first-order valence-corrected chi connectivity index (χ1v) is 9.21. The van der Waals surface area contributed by atoms with Crippen LogP contribution in [0.4, 0.5) is 0 Å². The molecule has 23 heavy (non-hydrogen) atoms. The Morgan fingerprint density at radius 2 is 2.13 bits per heavy atom. The van der Waals surface area contributed by atoms with E-state index in [9.17, 15) is 8.42 Å². The van der Waals surface area contributed by atoms with Crippen LogP contribution in [0.1, 0.15) is 17.2 Å². The number of aryl methyl sites for hydroxylation is 1. The average Bonchev–Trinajstić information content (AvgIpc) is 2.58. The number of pyridine rings is 1. The highest BCUT2D eigenvalue weighted by Crippen LogP contribution is 2.32. The van der Waals surface area contributed by atoms with Gasteiger partial charge in [-0.05, 0) is 30.2 Å². The molecule has 1 saturated heterocycles. The lowest BCUT2D eigenvalue weighted by Gasteiger charge is -2.35. The summed E-state index contributed by atoms with van der Waals surface area (Å²) in [6, 6.07) is 8.50. The second kappa shape index (κ2) is 6.57. The lowest BCUT2D eigenvalue weighted by Crippen LogP contribution is -2.48. The van der Waals surface area contributed by atoms with Gasteiger partial charge in [-0.2, -0.15) is 4.31 Å². The first-order valence-electron chi connectivity index (χ1n) is 7.39. The highest BCUT2D eigenvalue weighted by atomic mass is 35.5. The maximum absolute atomic E-state index is 13.1. The van der Waals surface area contributed by atoms with Gasteiger partial charge in [0, 0.05) is 32.0 Å². The van der Waals surface area contributed by atoms with Crippen LogP contribution in [0.2, 0.25) is 5.02 Å². The van der Waals surface area contributed by atoms with Crippen molar-refractivity contribution in [1.29, 1.82) is 0 Å². The van der Waals surface area contributed by atoms with Gasteiger partial charge < -0.3 is 5.32 Å². The van der Waals surface area contributed by atoms with Crippen LogP contribution >= 0.6 is 11.6 Å². The van der Waals surface area contributed by atoms with Crippen molar-refractivity contribution in [1.82, 2.24) is 14.6 Å². The van der Waals surface area contributed by atoms with E-state index in [1.165, 1.54) is 4.31 Å². The van der Waals surface area contributed by atoms with Crippen LogP contribution in [0.15, 0.2) is 47.6 Å². The van der Waals surface area contributed by atoms with Crippen molar-refractivity contribution < 1.29 is 8.42 Å². The summed E-state index contributed by atoms with van der Waals surface area (Å²) in [5.74, 6) is 0. The maximum Gasteiger partial charge on any atom is 0.245 e. The van der Waals surface area contributed by atoms with Crippen LogP contribution < -0.4 is 5.32 Å². The Kier molecular flexibility index (Phi) is 4.68. The molecule has 0 amide bonds. The Hall–Kier alpha value is -1.47. The molecule has 1 atom stereocenters. The van der Waals surface area contributed by atoms with Crippen LogP contribution in [0.5, 0.6) is 0 Å². The summed E-state index contributed by atoms with van der Waals surface area (Å²) in [4.78, 5) is 4.27. The number of aromatic nitrogens is 1. The SMILES string of the molecule is Cc1cccc(S(=O)(=O)N2CCNCC2c2cccnc2)c1Cl.